The molecule has 0 fully saturated rings. The van der Waals surface area contributed by atoms with E-state index in [1.54, 1.807) is 7.05 Å². The standard InChI is InChI=1S/C7H19N5O/c1-11-5(6(8)13)3-2-4-12-7(9)10/h5,7,11-12H,2-4,9-10H2,1H3,(H2,8,13)/t5-/m0/s1. The summed E-state index contributed by atoms with van der Waals surface area (Å²) in [6.07, 6.45) is 0.992. The number of likely N-dealkylation sites (N-methyl/N-ethyl adjacent to an activating group) is 1. The summed E-state index contributed by atoms with van der Waals surface area (Å²) < 4.78 is 0. The highest BCUT2D eigenvalue weighted by molar-refractivity contribution is 5.79. The molecule has 0 aromatic rings. The predicted molar refractivity (Wildman–Crippen MR) is 51.4 cm³/mol. The molecule has 0 saturated heterocycles. The zero-order valence-electron chi connectivity index (χ0n) is 7.92. The molecule has 6 heteroatoms. The molecule has 0 aromatic heterocycles. The van der Waals surface area contributed by atoms with Crippen LogP contribution in [0.3, 0.4) is 0 Å². The van der Waals surface area contributed by atoms with Gasteiger partial charge >= 0.3 is 0 Å². The molecule has 0 aliphatic carbocycles. The Morgan fingerprint density at radius 1 is 1.46 bits per heavy atom. The van der Waals surface area contributed by atoms with Gasteiger partial charge in [0.05, 0.1) is 6.04 Å². The van der Waals surface area contributed by atoms with E-state index in [0.29, 0.717) is 13.0 Å². The first-order valence-electron chi connectivity index (χ1n) is 4.29. The van der Waals surface area contributed by atoms with Gasteiger partial charge in [-0.05, 0) is 26.4 Å². The lowest BCUT2D eigenvalue weighted by molar-refractivity contribution is -0.120. The number of rotatable bonds is 7. The van der Waals surface area contributed by atoms with E-state index in [1.807, 2.05) is 0 Å². The van der Waals surface area contributed by atoms with Gasteiger partial charge in [0.2, 0.25) is 5.91 Å². The number of carbonyl (C=O) groups is 1. The molecule has 0 unspecified atom stereocenters. The lowest BCUT2D eigenvalue weighted by Crippen LogP contribution is -2.46. The van der Waals surface area contributed by atoms with E-state index in [0.717, 1.165) is 6.42 Å². The fraction of sp³-hybridized carbons (Fsp3) is 0.857. The van der Waals surface area contributed by atoms with E-state index in [2.05, 4.69) is 10.6 Å². The van der Waals surface area contributed by atoms with Crippen LogP contribution < -0.4 is 27.8 Å². The van der Waals surface area contributed by atoms with Gasteiger partial charge in [-0.3, -0.25) is 10.1 Å². The number of nitrogens with two attached hydrogens (primary N) is 3. The van der Waals surface area contributed by atoms with E-state index in [4.69, 9.17) is 17.2 Å². The molecule has 0 saturated carbocycles. The Bertz CT molecular complexity index is 150. The van der Waals surface area contributed by atoms with Gasteiger partial charge in [0, 0.05) is 0 Å². The SMILES string of the molecule is CN[C@@H](CCCNC(N)N)C(N)=O. The minimum atomic E-state index is -0.499. The van der Waals surface area contributed by atoms with Crippen LogP contribution in [0.15, 0.2) is 0 Å². The van der Waals surface area contributed by atoms with Crippen LogP contribution in [0.5, 0.6) is 0 Å². The predicted octanol–water partition coefficient (Wildman–Crippen LogP) is -2.37. The van der Waals surface area contributed by atoms with Crippen molar-refractivity contribution in [3.63, 3.8) is 0 Å². The van der Waals surface area contributed by atoms with Gasteiger partial charge in [-0.15, -0.1) is 0 Å². The normalized spacial score (nSPS) is 13.2. The highest BCUT2D eigenvalue weighted by Crippen LogP contribution is 1.94. The van der Waals surface area contributed by atoms with Gasteiger partial charge in [-0.2, -0.15) is 0 Å². The third-order valence-corrected chi connectivity index (χ3v) is 1.74. The maximum atomic E-state index is 10.7. The van der Waals surface area contributed by atoms with Crippen molar-refractivity contribution >= 4 is 5.91 Å². The molecule has 0 spiro atoms. The monoisotopic (exact) mass is 189 g/mol. The van der Waals surface area contributed by atoms with Crippen molar-refractivity contribution in [1.82, 2.24) is 10.6 Å². The summed E-state index contributed by atoms with van der Waals surface area (Å²) in [7, 11) is 1.71. The minimum absolute atomic E-state index is 0.268. The van der Waals surface area contributed by atoms with Gasteiger partial charge in [0.25, 0.3) is 0 Å². The summed E-state index contributed by atoms with van der Waals surface area (Å²) in [5.41, 5.74) is 15.6. The van der Waals surface area contributed by atoms with Crippen LogP contribution in [0.4, 0.5) is 0 Å². The average molecular weight is 189 g/mol. The summed E-state index contributed by atoms with van der Waals surface area (Å²) in [6.45, 7) is 0.684. The van der Waals surface area contributed by atoms with Gasteiger partial charge in [0.15, 0.2) is 0 Å². The Labute approximate surface area is 78.2 Å². The van der Waals surface area contributed by atoms with E-state index >= 15 is 0 Å². The fourth-order valence-electron chi connectivity index (χ4n) is 1.00. The first-order chi connectivity index (χ1) is 6.07. The summed E-state index contributed by atoms with van der Waals surface area (Å²) >= 11 is 0. The van der Waals surface area contributed by atoms with Crippen molar-refractivity contribution in [3.05, 3.63) is 0 Å². The molecule has 13 heavy (non-hydrogen) atoms. The highest BCUT2D eigenvalue weighted by atomic mass is 16.1. The molecule has 0 heterocycles. The smallest absolute Gasteiger partial charge is 0.234 e. The van der Waals surface area contributed by atoms with Crippen LogP contribution in [-0.2, 0) is 4.79 Å². The number of hydrogen-bond donors (Lipinski definition) is 5. The second-order valence-electron chi connectivity index (χ2n) is 2.87. The van der Waals surface area contributed by atoms with Crippen LogP contribution in [0.1, 0.15) is 12.8 Å². The van der Waals surface area contributed by atoms with Crippen LogP contribution in [0, 0.1) is 0 Å². The molecule has 6 nitrogen and oxygen atoms in total. The highest BCUT2D eigenvalue weighted by Gasteiger charge is 2.11. The average Bonchev–Trinajstić information content (AvgIpc) is 2.03. The van der Waals surface area contributed by atoms with Crippen molar-refractivity contribution in [3.8, 4) is 0 Å². The molecule has 1 atom stereocenters. The zero-order chi connectivity index (χ0) is 10.3. The molecule has 0 aliphatic heterocycles. The quantitative estimate of drug-likeness (QED) is 0.226. The largest absolute Gasteiger partial charge is 0.368 e. The van der Waals surface area contributed by atoms with Crippen molar-refractivity contribution in [2.45, 2.75) is 25.2 Å². The third kappa shape index (κ3) is 6.47. The summed E-state index contributed by atoms with van der Waals surface area (Å²) in [5.74, 6) is -0.334. The fourth-order valence-corrected chi connectivity index (χ4v) is 1.00. The Hall–Kier alpha value is -0.690. The molecule has 8 N–H and O–H groups in total. The van der Waals surface area contributed by atoms with Crippen LogP contribution >= 0.6 is 0 Å². The van der Waals surface area contributed by atoms with E-state index in [1.165, 1.54) is 0 Å². The van der Waals surface area contributed by atoms with Crippen molar-refractivity contribution in [2.24, 2.45) is 17.2 Å². The van der Waals surface area contributed by atoms with Gasteiger partial charge in [0.1, 0.15) is 6.29 Å². The number of carbonyl (C=O) groups excluding carboxylic acids is 1. The minimum Gasteiger partial charge on any atom is -0.368 e. The molecule has 0 aromatic carbocycles. The maximum Gasteiger partial charge on any atom is 0.234 e. The summed E-state index contributed by atoms with van der Waals surface area (Å²) in [5, 5.41) is 5.66. The molecule has 1 amide bonds. The van der Waals surface area contributed by atoms with Crippen molar-refractivity contribution < 1.29 is 4.79 Å². The lowest BCUT2D eigenvalue weighted by Gasteiger charge is -2.12. The van der Waals surface area contributed by atoms with Crippen LogP contribution in [0.2, 0.25) is 0 Å². The van der Waals surface area contributed by atoms with Crippen LogP contribution in [0.25, 0.3) is 0 Å². The van der Waals surface area contributed by atoms with E-state index in [-0.39, 0.29) is 11.9 Å². The molecule has 0 rings (SSSR count). The third-order valence-electron chi connectivity index (χ3n) is 1.74. The molecular weight excluding hydrogens is 170 g/mol. The van der Waals surface area contributed by atoms with Gasteiger partial charge in [-0.25, -0.2) is 0 Å². The molecule has 0 bridgehead atoms. The molecule has 0 aliphatic rings. The van der Waals surface area contributed by atoms with Crippen LogP contribution in [-0.4, -0.2) is 31.8 Å². The Balaban J connectivity index is 3.44. The summed E-state index contributed by atoms with van der Waals surface area (Å²) in [6, 6.07) is -0.268. The van der Waals surface area contributed by atoms with Gasteiger partial charge in [-0.1, -0.05) is 0 Å². The molecular formula is C7H19N5O. The van der Waals surface area contributed by atoms with E-state index < -0.39 is 6.29 Å². The Morgan fingerprint density at radius 3 is 2.46 bits per heavy atom. The van der Waals surface area contributed by atoms with Crippen molar-refractivity contribution in [1.29, 1.82) is 0 Å². The Morgan fingerprint density at radius 2 is 2.08 bits per heavy atom. The van der Waals surface area contributed by atoms with Gasteiger partial charge < -0.3 is 22.5 Å². The number of nitrogens with one attached hydrogen (secondary N) is 2. The molecule has 78 valence electrons. The van der Waals surface area contributed by atoms with E-state index in [9.17, 15) is 4.79 Å². The maximum absolute atomic E-state index is 10.7. The first-order valence-corrected chi connectivity index (χ1v) is 4.29. The first kappa shape index (κ1) is 12.3. The Kier molecular flexibility index (Phi) is 6.43. The lowest BCUT2D eigenvalue weighted by atomic mass is 10.1. The number of primary amides is 1. The topological polar surface area (TPSA) is 119 Å². The number of amides is 1. The number of hydrogen-bond acceptors (Lipinski definition) is 5. The van der Waals surface area contributed by atoms with Crippen molar-refractivity contribution in [2.75, 3.05) is 13.6 Å². The second-order valence-corrected chi connectivity index (χ2v) is 2.87. The summed E-state index contributed by atoms with van der Waals surface area (Å²) in [4.78, 5) is 10.7. The zero-order valence-corrected chi connectivity index (χ0v) is 7.92. The molecule has 0 radical (unpaired) electrons. The second kappa shape index (κ2) is 6.79.